The van der Waals surface area contributed by atoms with Crippen molar-refractivity contribution in [3.63, 3.8) is 0 Å². The van der Waals surface area contributed by atoms with E-state index >= 15 is 0 Å². The van der Waals surface area contributed by atoms with Crippen molar-refractivity contribution in [2.24, 2.45) is 0 Å². The number of rotatable bonds is 6. The van der Waals surface area contributed by atoms with Gasteiger partial charge in [0.25, 0.3) is 0 Å². The normalized spacial score (nSPS) is 15.7. The van der Waals surface area contributed by atoms with Crippen LogP contribution in [0.1, 0.15) is 57.2 Å². The molecular formula is C45H39NO. The summed E-state index contributed by atoms with van der Waals surface area (Å²) in [6.45, 7) is 9.17. The Hall–Kier alpha value is -5.34. The Bertz CT molecular complexity index is 2270. The lowest BCUT2D eigenvalue weighted by atomic mass is 9.78. The second-order valence-electron chi connectivity index (χ2n) is 13.4. The zero-order chi connectivity index (χ0) is 32.1. The molecule has 6 aromatic rings. The average Bonchev–Trinajstić information content (AvgIpc) is 3.60. The van der Waals surface area contributed by atoms with Gasteiger partial charge < -0.3 is 9.32 Å². The number of hydrogen-bond acceptors (Lipinski definition) is 2. The van der Waals surface area contributed by atoms with Gasteiger partial charge in [0.2, 0.25) is 0 Å². The van der Waals surface area contributed by atoms with Gasteiger partial charge in [0.15, 0.2) is 0 Å². The standard InChI is InChI=1S/C45H39NO/c1-30(36-17-12-18-40-39-16-9-11-20-43(39)47-44(36)40)21-22-31(2)46(34-25-23-33(24-26-34)32-13-6-5-7-14-32)35-27-28-38-37-15-8-10-19-41(37)45(3,4)42(38)29-35/h5-9,11-18,20-29H,10,19H2,1-4H3/b30-21+,31-22+. The molecule has 1 heterocycles. The highest BCUT2D eigenvalue weighted by Crippen LogP contribution is 2.51. The van der Waals surface area contributed by atoms with Gasteiger partial charge in [-0.15, -0.1) is 0 Å². The Balaban J connectivity index is 1.21. The largest absolute Gasteiger partial charge is 0.455 e. The second kappa shape index (κ2) is 11.5. The van der Waals surface area contributed by atoms with Crippen LogP contribution < -0.4 is 4.90 Å². The molecule has 1 aromatic heterocycles. The Morgan fingerprint density at radius 3 is 2.28 bits per heavy atom. The monoisotopic (exact) mass is 609 g/mol. The van der Waals surface area contributed by atoms with Crippen LogP contribution in [-0.4, -0.2) is 0 Å². The SMILES string of the molecule is C/C(=C\C=C(/C)N(c1ccc(-c2ccccc2)cc1)c1ccc2c(c1)C(C)(C)C1=C2C=CCC1)c1cccc2c1oc1ccccc12. The molecule has 0 spiro atoms. The Morgan fingerprint density at radius 1 is 0.723 bits per heavy atom. The van der Waals surface area contributed by atoms with Crippen LogP contribution in [-0.2, 0) is 5.41 Å². The van der Waals surface area contributed by atoms with E-state index in [2.05, 4.69) is 160 Å². The van der Waals surface area contributed by atoms with Gasteiger partial charge in [0, 0.05) is 38.8 Å². The van der Waals surface area contributed by atoms with Gasteiger partial charge in [-0.2, -0.15) is 0 Å². The van der Waals surface area contributed by atoms with Gasteiger partial charge in [0.1, 0.15) is 11.2 Å². The number of benzene rings is 5. The molecule has 0 N–H and O–H groups in total. The summed E-state index contributed by atoms with van der Waals surface area (Å²) in [4.78, 5) is 2.39. The molecule has 0 radical (unpaired) electrons. The maximum absolute atomic E-state index is 6.37. The molecular weight excluding hydrogens is 571 g/mol. The molecule has 0 aliphatic heterocycles. The number of anilines is 2. The molecule has 2 heteroatoms. The van der Waals surface area contributed by atoms with Crippen molar-refractivity contribution in [3.05, 3.63) is 168 Å². The summed E-state index contributed by atoms with van der Waals surface area (Å²) in [5.41, 5.74) is 15.8. The van der Waals surface area contributed by atoms with Crippen molar-refractivity contribution < 1.29 is 4.42 Å². The molecule has 0 saturated heterocycles. The number of hydrogen-bond donors (Lipinski definition) is 0. The van der Waals surface area contributed by atoms with E-state index < -0.39 is 0 Å². The Morgan fingerprint density at radius 2 is 1.45 bits per heavy atom. The summed E-state index contributed by atoms with van der Waals surface area (Å²) >= 11 is 0. The lowest BCUT2D eigenvalue weighted by Gasteiger charge is -2.29. The van der Waals surface area contributed by atoms with Crippen LogP contribution in [0.4, 0.5) is 11.4 Å². The first-order valence-electron chi connectivity index (χ1n) is 16.7. The van der Waals surface area contributed by atoms with Crippen LogP contribution in [0.15, 0.2) is 155 Å². The lowest BCUT2D eigenvalue weighted by Crippen LogP contribution is -2.19. The maximum Gasteiger partial charge on any atom is 0.142 e. The minimum atomic E-state index is 0.00759. The third-order valence-corrected chi connectivity index (χ3v) is 10.1. The van der Waals surface area contributed by atoms with E-state index in [1.54, 1.807) is 5.57 Å². The summed E-state index contributed by atoms with van der Waals surface area (Å²) in [5.74, 6) is 0. The quantitative estimate of drug-likeness (QED) is 0.175. The molecule has 5 aromatic carbocycles. The van der Waals surface area contributed by atoms with Gasteiger partial charge in [-0.05, 0) is 96.5 Å². The van der Waals surface area contributed by atoms with Crippen molar-refractivity contribution in [2.45, 2.75) is 46.0 Å². The smallest absolute Gasteiger partial charge is 0.142 e. The first kappa shape index (κ1) is 29.1. The predicted octanol–water partition coefficient (Wildman–Crippen LogP) is 12.8. The number of fused-ring (bicyclic) bond motifs is 5. The first-order chi connectivity index (χ1) is 22.9. The first-order valence-corrected chi connectivity index (χ1v) is 16.7. The van der Waals surface area contributed by atoms with Crippen LogP contribution in [0.5, 0.6) is 0 Å². The third kappa shape index (κ3) is 4.96. The van der Waals surface area contributed by atoms with Crippen LogP contribution >= 0.6 is 0 Å². The van der Waals surface area contributed by atoms with Crippen LogP contribution in [0.2, 0.25) is 0 Å². The maximum atomic E-state index is 6.37. The minimum Gasteiger partial charge on any atom is -0.455 e. The van der Waals surface area contributed by atoms with Crippen molar-refractivity contribution in [1.82, 2.24) is 0 Å². The molecule has 0 saturated carbocycles. The van der Waals surface area contributed by atoms with Crippen LogP contribution in [0.25, 0.3) is 44.2 Å². The molecule has 0 fully saturated rings. The summed E-state index contributed by atoms with van der Waals surface area (Å²) < 4.78 is 6.37. The number of nitrogens with zero attached hydrogens (tertiary/aromatic N) is 1. The fourth-order valence-electron chi connectivity index (χ4n) is 7.61. The number of allylic oxidation sites excluding steroid dienone is 8. The highest BCUT2D eigenvalue weighted by atomic mass is 16.3. The van der Waals surface area contributed by atoms with E-state index in [4.69, 9.17) is 4.42 Å². The van der Waals surface area contributed by atoms with Gasteiger partial charge in [-0.25, -0.2) is 0 Å². The predicted molar refractivity (Wildman–Crippen MR) is 200 cm³/mol. The molecule has 47 heavy (non-hydrogen) atoms. The lowest BCUT2D eigenvalue weighted by molar-refractivity contribution is 0.607. The molecule has 0 atom stereocenters. The highest BCUT2D eigenvalue weighted by Gasteiger charge is 2.37. The molecule has 2 nitrogen and oxygen atoms in total. The van der Waals surface area contributed by atoms with Crippen molar-refractivity contribution >= 4 is 44.5 Å². The van der Waals surface area contributed by atoms with Crippen molar-refractivity contribution in [3.8, 4) is 11.1 Å². The number of para-hydroxylation sites is 2. The van der Waals surface area contributed by atoms with Crippen LogP contribution in [0, 0.1) is 0 Å². The van der Waals surface area contributed by atoms with Gasteiger partial charge in [-0.3, -0.25) is 0 Å². The van der Waals surface area contributed by atoms with Crippen molar-refractivity contribution in [1.29, 1.82) is 0 Å². The zero-order valence-corrected chi connectivity index (χ0v) is 27.5. The molecule has 230 valence electrons. The summed E-state index contributed by atoms with van der Waals surface area (Å²) in [5, 5.41) is 2.30. The molecule has 2 aliphatic rings. The van der Waals surface area contributed by atoms with Crippen molar-refractivity contribution in [2.75, 3.05) is 4.90 Å². The van der Waals surface area contributed by atoms with Crippen LogP contribution in [0.3, 0.4) is 0 Å². The molecule has 0 unspecified atom stereocenters. The Kier molecular flexibility index (Phi) is 7.10. The van der Waals surface area contributed by atoms with E-state index in [0.29, 0.717) is 0 Å². The van der Waals surface area contributed by atoms with E-state index in [0.717, 1.165) is 57.3 Å². The van der Waals surface area contributed by atoms with Gasteiger partial charge in [-0.1, -0.05) is 123 Å². The van der Waals surface area contributed by atoms with Gasteiger partial charge in [0.05, 0.1) is 0 Å². The van der Waals surface area contributed by atoms with E-state index in [-0.39, 0.29) is 5.41 Å². The molecule has 2 aliphatic carbocycles. The van der Waals surface area contributed by atoms with Gasteiger partial charge >= 0.3 is 0 Å². The Labute approximate surface area is 277 Å². The minimum absolute atomic E-state index is 0.00759. The third-order valence-electron chi connectivity index (χ3n) is 10.1. The highest BCUT2D eigenvalue weighted by molar-refractivity contribution is 6.08. The van der Waals surface area contributed by atoms with E-state index in [1.165, 1.54) is 33.5 Å². The van der Waals surface area contributed by atoms with E-state index in [9.17, 15) is 0 Å². The summed E-state index contributed by atoms with van der Waals surface area (Å²) in [6.07, 6.45) is 11.4. The fourth-order valence-corrected chi connectivity index (χ4v) is 7.61. The zero-order valence-electron chi connectivity index (χ0n) is 27.5. The van der Waals surface area contributed by atoms with E-state index in [1.807, 2.05) is 12.1 Å². The molecule has 0 amide bonds. The molecule has 8 rings (SSSR count). The average molecular weight is 610 g/mol. The topological polar surface area (TPSA) is 16.4 Å². The summed E-state index contributed by atoms with van der Waals surface area (Å²) in [7, 11) is 0. The second-order valence-corrected chi connectivity index (χ2v) is 13.4. The molecule has 0 bridgehead atoms. The fraction of sp³-hybridized carbons (Fsp3) is 0.156. The summed E-state index contributed by atoms with van der Waals surface area (Å²) in [6, 6.07) is 41.3. The number of furan rings is 1.